The van der Waals surface area contributed by atoms with Gasteiger partial charge in [0.25, 0.3) is 0 Å². The van der Waals surface area contributed by atoms with Crippen molar-refractivity contribution in [2.45, 2.75) is 20.1 Å². The van der Waals surface area contributed by atoms with Crippen molar-refractivity contribution in [3.8, 4) is 17.6 Å². The third-order valence-electron chi connectivity index (χ3n) is 4.33. The maximum absolute atomic E-state index is 9.14. The number of nitrogens with zero attached hydrogens (tertiary/aromatic N) is 2. The summed E-state index contributed by atoms with van der Waals surface area (Å²) < 4.78 is 12.5. The van der Waals surface area contributed by atoms with Gasteiger partial charge in [0.15, 0.2) is 11.5 Å². The molecule has 5 nitrogen and oxygen atoms in total. The zero-order valence-corrected chi connectivity index (χ0v) is 19.2. The molecular formula is C24H20BrClN2O3. The van der Waals surface area contributed by atoms with Gasteiger partial charge in [-0.15, -0.1) is 0 Å². The second-order valence-corrected chi connectivity index (χ2v) is 7.67. The molecule has 0 bridgehead atoms. The number of rotatable bonds is 9. The van der Waals surface area contributed by atoms with E-state index in [0.717, 1.165) is 21.2 Å². The predicted octanol–water partition coefficient (Wildman–Crippen LogP) is 6.50. The number of benzene rings is 3. The Morgan fingerprint density at radius 1 is 1.00 bits per heavy atom. The number of halogens is 2. The molecule has 0 aliphatic rings. The highest BCUT2D eigenvalue weighted by Gasteiger charge is 2.11. The van der Waals surface area contributed by atoms with Crippen molar-refractivity contribution >= 4 is 33.7 Å². The van der Waals surface area contributed by atoms with Crippen LogP contribution in [-0.4, -0.2) is 12.8 Å². The van der Waals surface area contributed by atoms with Crippen molar-refractivity contribution < 1.29 is 14.3 Å². The van der Waals surface area contributed by atoms with Crippen LogP contribution in [0.2, 0.25) is 5.02 Å². The minimum atomic E-state index is 0.204. The Morgan fingerprint density at radius 3 is 2.45 bits per heavy atom. The molecule has 31 heavy (non-hydrogen) atoms. The van der Waals surface area contributed by atoms with Crippen LogP contribution in [0.3, 0.4) is 0 Å². The van der Waals surface area contributed by atoms with E-state index >= 15 is 0 Å². The van der Waals surface area contributed by atoms with Gasteiger partial charge in [0, 0.05) is 26.2 Å². The second-order valence-electron chi connectivity index (χ2n) is 6.41. The van der Waals surface area contributed by atoms with Crippen LogP contribution in [0.5, 0.6) is 11.5 Å². The fourth-order valence-corrected chi connectivity index (χ4v) is 3.37. The van der Waals surface area contributed by atoms with Crippen molar-refractivity contribution in [2.24, 2.45) is 5.16 Å². The normalized spacial score (nSPS) is 10.6. The van der Waals surface area contributed by atoms with E-state index in [0.29, 0.717) is 35.3 Å². The van der Waals surface area contributed by atoms with Crippen molar-refractivity contribution in [1.82, 2.24) is 0 Å². The first kappa shape index (κ1) is 22.7. The Labute approximate surface area is 194 Å². The van der Waals surface area contributed by atoms with E-state index in [1.54, 1.807) is 12.3 Å². The van der Waals surface area contributed by atoms with Crippen molar-refractivity contribution in [1.29, 1.82) is 5.26 Å². The van der Waals surface area contributed by atoms with Crippen LogP contribution in [0.25, 0.3) is 0 Å². The molecule has 0 unspecified atom stereocenters. The van der Waals surface area contributed by atoms with Gasteiger partial charge in [-0.05, 0) is 47.1 Å². The van der Waals surface area contributed by atoms with Crippen LogP contribution >= 0.6 is 27.5 Å². The first-order valence-electron chi connectivity index (χ1n) is 9.58. The van der Waals surface area contributed by atoms with Crippen LogP contribution in [0, 0.1) is 11.3 Å². The molecule has 0 aliphatic carbocycles. The Hall–Kier alpha value is -3.01. The SMILES string of the molecule is CCOc1cc(/C=N\OCc2ccccc2C#N)c(Br)cc1OCc1ccccc1Cl. The van der Waals surface area contributed by atoms with E-state index in [2.05, 4.69) is 27.2 Å². The lowest BCUT2D eigenvalue weighted by Gasteiger charge is -2.14. The number of ether oxygens (including phenoxy) is 2. The van der Waals surface area contributed by atoms with Crippen molar-refractivity contribution in [3.05, 3.63) is 92.4 Å². The van der Waals surface area contributed by atoms with E-state index in [9.17, 15) is 0 Å². The van der Waals surface area contributed by atoms with E-state index in [4.69, 9.17) is 31.2 Å². The molecule has 0 radical (unpaired) electrons. The molecule has 3 aromatic carbocycles. The topological polar surface area (TPSA) is 63.8 Å². The van der Waals surface area contributed by atoms with Gasteiger partial charge in [-0.2, -0.15) is 5.26 Å². The molecule has 0 heterocycles. The van der Waals surface area contributed by atoms with Crippen LogP contribution < -0.4 is 9.47 Å². The number of hydrogen-bond donors (Lipinski definition) is 0. The molecule has 158 valence electrons. The molecule has 0 saturated carbocycles. The highest BCUT2D eigenvalue weighted by atomic mass is 79.9. The zero-order valence-electron chi connectivity index (χ0n) is 16.8. The molecule has 0 fully saturated rings. The first-order chi connectivity index (χ1) is 15.1. The molecule has 0 amide bonds. The second kappa shape index (κ2) is 11.4. The highest BCUT2D eigenvalue weighted by molar-refractivity contribution is 9.10. The standard InChI is InChI=1S/C24H20BrClN2O3/c1-2-29-23-11-20(14-28-31-16-18-8-4-3-7-17(18)13-27)21(25)12-24(23)30-15-19-9-5-6-10-22(19)26/h3-12,14H,2,15-16H2,1H3/b28-14-. The highest BCUT2D eigenvalue weighted by Crippen LogP contribution is 2.34. The molecule has 3 rings (SSSR count). The summed E-state index contributed by atoms with van der Waals surface area (Å²) in [7, 11) is 0. The Balaban J connectivity index is 1.71. The van der Waals surface area contributed by atoms with Gasteiger partial charge in [-0.1, -0.05) is 53.2 Å². The maximum Gasteiger partial charge on any atom is 0.162 e. The van der Waals surface area contributed by atoms with Gasteiger partial charge in [0.1, 0.15) is 13.2 Å². The number of oxime groups is 1. The number of nitriles is 1. The van der Waals surface area contributed by atoms with Crippen LogP contribution in [0.1, 0.15) is 29.2 Å². The fraction of sp³-hybridized carbons (Fsp3) is 0.167. The Bertz CT molecular complexity index is 1110. The summed E-state index contributed by atoms with van der Waals surface area (Å²) >= 11 is 9.75. The first-order valence-corrected chi connectivity index (χ1v) is 10.7. The van der Waals surface area contributed by atoms with Gasteiger partial charge in [0.2, 0.25) is 0 Å². The lowest BCUT2D eigenvalue weighted by Crippen LogP contribution is -2.01. The van der Waals surface area contributed by atoms with E-state index in [-0.39, 0.29) is 6.61 Å². The molecular weight excluding hydrogens is 480 g/mol. The van der Waals surface area contributed by atoms with Gasteiger partial charge >= 0.3 is 0 Å². The molecule has 0 aliphatic heterocycles. The van der Waals surface area contributed by atoms with Gasteiger partial charge in [0.05, 0.1) is 24.5 Å². The van der Waals surface area contributed by atoms with E-state index < -0.39 is 0 Å². The van der Waals surface area contributed by atoms with E-state index in [1.165, 1.54) is 0 Å². The summed E-state index contributed by atoms with van der Waals surface area (Å²) in [5.74, 6) is 1.18. The molecule has 7 heteroatoms. The van der Waals surface area contributed by atoms with Crippen molar-refractivity contribution in [3.63, 3.8) is 0 Å². The van der Waals surface area contributed by atoms with Gasteiger partial charge in [-0.3, -0.25) is 0 Å². The summed E-state index contributed by atoms with van der Waals surface area (Å²) in [6, 6.07) is 20.6. The zero-order chi connectivity index (χ0) is 22.1. The quantitative estimate of drug-likeness (QED) is 0.249. The lowest BCUT2D eigenvalue weighted by molar-refractivity contribution is 0.132. The minimum absolute atomic E-state index is 0.204. The molecule has 0 aromatic heterocycles. The van der Waals surface area contributed by atoms with Gasteiger partial charge < -0.3 is 14.3 Å². The minimum Gasteiger partial charge on any atom is -0.490 e. The van der Waals surface area contributed by atoms with Crippen LogP contribution in [-0.2, 0) is 18.1 Å². The molecule has 0 spiro atoms. The third-order valence-corrected chi connectivity index (χ3v) is 5.38. The fourth-order valence-electron chi connectivity index (χ4n) is 2.76. The predicted molar refractivity (Wildman–Crippen MR) is 125 cm³/mol. The average Bonchev–Trinajstić information content (AvgIpc) is 2.78. The smallest absolute Gasteiger partial charge is 0.162 e. The third kappa shape index (κ3) is 6.24. The van der Waals surface area contributed by atoms with Crippen LogP contribution in [0.15, 0.2) is 70.3 Å². The Kier molecular flexibility index (Phi) is 8.34. The molecule has 0 atom stereocenters. The summed E-state index contributed by atoms with van der Waals surface area (Å²) in [5, 5.41) is 13.8. The summed E-state index contributed by atoms with van der Waals surface area (Å²) in [6.45, 7) is 2.92. The molecule has 0 N–H and O–H groups in total. The lowest BCUT2D eigenvalue weighted by atomic mass is 10.1. The van der Waals surface area contributed by atoms with E-state index in [1.807, 2.05) is 61.5 Å². The summed E-state index contributed by atoms with van der Waals surface area (Å²) in [5.41, 5.74) is 3.00. The van der Waals surface area contributed by atoms with Crippen LogP contribution in [0.4, 0.5) is 0 Å². The number of hydrogen-bond acceptors (Lipinski definition) is 5. The molecule has 0 saturated heterocycles. The maximum atomic E-state index is 9.14. The monoisotopic (exact) mass is 498 g/mol. The van der Waals surface area contributed by atoms with Gasteiger partial charge in [-0.25, -0.2) is 0 Å². The largest absolute Gasteiger partial charge is 0.490 e. The average molecular weight is 500 g/mol. The summed E-state index contributed by atoms with van der Waals surface area (Å²) in [6.07, 6.45) is 1.58. The molecule has 3 aromatic rings. The van der Waals surface area contributed by atoms with Crippen molar-refractivity contribution in [2.75, 3.05) is 6.61 Å². The Morgan fingerprint density at radius 2 is 1.71 bits per heavy atom. The summed E-state index contributed by atoms with van der Waals surface area (Å²) in [4.78, 5) is 5.38.